The molecule has 440 valence electrons. The highest BCUT2D eigenvalue weighted by Crippen LogP contribution is 2.66. The molecule has 0 unspecified atom stereocenters. The lowest BCUT2D eigenvalue weighted by atomic mass is 10.0. The van der Waals surface area contributed by atoms with E-state index in [9.17, 15) is 0 Å². The van der Waals surface area contributed by atoms with Crippen molar-refractivity contribution < 1.29 is 31.5 Å². The van der Waals surface area contributed by atoms with E-state index in [2.05, 4.69) is 159 Å². The van der Waals surface area contributed by atoms with Crippen molar-refractivity contribution in [3.63, 3.8) is 0 Å². The van der Waals surface area contributed by atoms with Crippen molar-refractivity contribution >= 4 is 15.6 Å². The predicted molar refractivity (Wildman–Crippen MR) is 339 cm³/mol. The Labute approximate surface area is 476 Å². The van der Waals surface area contributed by atoms with E-state index in [1.807, 2.05) is 24.3 Å². The summed E-state index contributed by atoms with van der Waals surface area (Å²) in [5.74, 6) is 0. The predicted octanol–water partition coefficient (Wildman–Crippen LogP) is 24.1. The number of allylic oxidation sites excluding steroid dienone is 20. The van der Waals surface area contributed by atoms with Crippen LogP contribution in [0.3, 0.4) is 0 Å². The van der Waals surface area contributed by atoms with Crippen LogP contribution in [-0.4, -0.2) is 26.4 Å². The number of hydrogen-bond donors (Lipinski definition) is 0. The minimum absolute atomic E-state index is 0.0456. The van der Waals surface area contributed by atoms with Crippen molar-refractivity contribution in [2.45, 2.75) is 265 Å². The SMILES string of the molecule is CC/C(=C\CC/C(=C/COP(=O)(OC/C=C(\CC)CC/C=C(\CC)CCC=C(C)C)OP(=O)(OC/C=C(\CC)CC/C=C(\CC)CCC=C(C)C)OC/C=C(\CC)CC/C=C(\CC)CCC=C(C)C)CC)CCC=C(C)C. The van der Waals surface area contributed by atoms with E-state index in [0.29, 0.717) is 0 Å². The summed E-state index contributed by atoms with van der Waals surface area (Å²) in [6.45, 7) is 34.4. The maximum absolute atomic E-state index is 15.0. The Morgan fingerprint density at radius 3 is 0.571 bits per heavy atom. The first-order chi connectivity index (χ1) is 36.8. The van der Waals surface area contributed by atoms with E-state index in [-0.39, 0.29) is 26.4 Å². The Morgan fingerprint density at radius 2 is 0.416 bits per heavy atom. The van der Waals surface area contributed by atoms with Gasteiger partial charge in [-0.2, -0.15) is 4.31 Å². The van der Waals surface area contributed by atoms with Gasteiger partial charge in [-0.15, -0.1) is 0 Å². The highest BCUT2D eigenvalue weighted by Gasteiger charge is 2.40. The van der Waals surface area contributed by atoms with E-state index < -0.39 is 15.6 Å². The molecular formula is C68H116O7P2. The van der Waals surface area contributed by atoms with Gasteiger partial charge in [-0.25, -0.2) is 9.13 Å². The molecule has 0 aromatic rings. The van der Waals surface area contributed by atoms with Gasteiger partial charge < -0.3 is 0 Å². The topological polar surface area (TPSA) is 80.3 Å². The zero-order chi connectivity index (χ0) is 57.7. The van der Waals surface area contributed by atoms with Gasteiger partial charge in [0.25, 0.3) is 0 Å². The molecule has 0 aliphatic carbocycles. The summed E-state index contributed by atoms with van der Waals surface area (Å²) in [4.78, 5) is 0. The van der Waals surface area contributed by atoms with Gasteiger partial charge in [-0.3, -0.25) is 18.1 Å². The second-order valence-electron chi connectivity index (χ2n) is 21.3. The van der Waals surface area contributed by atoms with Gasteiger partial charge in [0.05, 0.1) is 26.4 Å². The zero-order valence-electron chi connectivity index (χ0n) is 52.5. The first-order valence-corrected chi connectivity index (χ1v) is 33.2. The molecule has 0 amide bonds. The fourth-order valence-corrected chi connectivity index (χ4v) is 11.6. The monoisotopic (exact) mass is 1110 g/mol. The van der Waals surface area contributed by atoms with Crippen molar-refractivity contribution in [1.29, 1.82) is 0 Å². The summed E-state index contributed by atoms with van der Waals surface area (Å²) in [6, 6.07) is 0. The second kappa shape index (κ2) is 46.8. The molecule has 0 rings (SSSR count). The van der Waals surface area contributed by atoms with E-state index in [4.69, 9.17) is 22.4 Å². The molecule has 0 N–H and O–H groups in total. The Kier molecular flexibility index (Phi) is 45.1. The minimum atomic E-state index is -4.55. The van der Waals surface area contributed by atoms with E-state index >= 15 is 9.13 Å². The molecular weight excluding hydrogens is 991 g/mol. The first-order valence-electron chi connectivity index (χ1n) is 30.3. The van der Waals surface area contributed by atoms with Crippen LogP contribution in [0.2, 0.25) is 0 Å². The van der Waals surface area contributed by atoms with Gasteiger partial charge in [0, 0.05) is 0 Å². The highest BCUT2D eigenvalue weighted by molar-refractivity contribution is 7.62. The van der Waals surface area contributed by atoms with Crippen molar-refractivity contribution in [3.05, 3.63) is 140 Å². The number of hydrogen-bond acceptors (Lipinski definition) is 7. The smallest absolute Gasteiger partial charge is 0.282 e. The largest absolute Gasteiger partial charge is 0.484 e. The second-order valence-corrected chi connectivity index (χ2v) is 24.8. The van der Waals surface area contributed by atoms with Gasteiger partial charge in [-0.05, 0) is 209 Å². The summed E-state index contributed by atoms with van der Waals surface area (Å²) in [7, 11) is -9.10. The van der Waals surface area contributed by atoms with Crippen LogP contribution in [0, 0.1) is 0 Å². The van der Waals surface area contributed by atoms with Crippen molar-refractivity contribution in [1.82, 2.24) is 0 Å². The van der Waals surface area contributed by atoms with Crippen LogP contribution in [0.4, 0.5) is 0 Å². The van der Waals surface area contributed by atoms with E-state index in [1.54, 1.807) is 0 Å². The van der Waals surface area contributed by atoms with Gasteiger partial charge >= 0.3 is 15.6 Å². The maximum atomic E-state index is 15.0. The zero-order valence-corrected chi connectivity index (χ0v) is 54.3. The third-order valence-electron chi connectivity index (χ3n) is 13.9. The van der Waals surface area contributed by atoms with Gasteiger partial charge in [0.1, 0.15) is 0 Å². The summed E-state index contributed by atoms with van der Waals surface area (Å²) >= 11 is 0. The van der Waals surface area contributed by atoms with Crippen LogP contribution in [-0.2, 0) is 31.5 Å². The molecule has 0 spiro atoms. The van der Waals surface area contributed by atoms with Crippen molar-refractivity contribution in [2.75, 3.05) is 26.4 Å². The third kappa shape index (κ3) is 40.9. The summed E-state index contributed by atoms with van der Waals surface area (Å²) < 4.78 is 60.5. The molecule has 0 bridgehead atoms. The molecule has 0 aromatic carbocycles. The summed E-state index contributed by atoms with van der Waals surface area (Å²) in [5.41, 5.74) is 15.9. The molecule has 0 atom stereocenters. The Morgan fingerprint density at radius 1 is 0.260 bits per heavy atom. The van der Waals surface area contributed by atoms with E-state index in [1.165, 1.54) is 66.9 Å². The van der Waals surface area contributed by atoms with Crippen LogP contribution >= 0.6 is 15.6 Å². The van der Waals surface area contributed by atoms with Crippen LogP contribution in [0.15, 0.2) is 140 Å². The van der Waals surface area contributed by atoms with Crippen molar-refractivity contribution in [3.8, 4) is 0 Å². The number of rotatable bonds is 46. The Balaban J connectivity index is 7.02. The molecule has 0 saturated heterocycles. The molecule has 0 fully saturated rings. The summed E-state index contributed by atoms with van der Waals surface area (Å²) in [6.07, 6.45) is 49.4. The van der Waals surface area contributed by atoms with Gasteiger partial charge in [0.2, 0.25) is 0 Å². The standard InChI is InChI=1S/C68H116O7P2/c1-17-61(37-25-33-57(9)10)41-29-45-65(21-5)49-53-71-76(69,72-54-50-66(22-6)46-30-42-62(18-2)38-26-34-58(11)12)75-77(70,73-55-51-67(23-7)47-31-43-63(19-3)39-27-35-59(13)14)74-56-52-68(24-8)48-32-44-64(20-4)40-28-36-60(15)16/h33-36,41-44,49-52H,17-32,37-40,45-48,53-56H2,1-16H3/b61-41+,62-42+,63-43+,64-44+,65-49+,66-50+,67-51+,68-52+. The van der Waals surface area contributed by atoms with Crippen LogP contribution in [0.1, 0.15) is 265 Å². The first kappa shape index (κ1) is 74.1. The molecule has 0 heterocycles. The quantitative estimate of drug-likeness (QED) is 0.0444. The van der Waals surface area contributed by atoms with Gasteiger partial charge in [-0.1, -0.05) is 195 Å². The van der Waals surface area contributed by atoms with Crippen LogP contribution in [0.5, 0.6) is 0 Å². The fourth-order valence-electron chi connectivity index (χ4n) is 8.69. The lowest BCUT2D eigenvalue weighted by molar-refractivity contribution is 0.130. The fraction of sp³-hybridized carbons (Fsp3) is 0.647. The molecule has 7 nitrogen and oxygen atoms in total. The number of phosphoric acid groups is 2. The molecule has 9 heteroatoms. The van der Waals surface area contributed by atoms with Crippen LogP contribution < -0.4 is 0 Å². The normalized spacial score (nSPS) is 14.4. The highest BCUT2D eigenvalue weighted by atomic mass is 31.3. The molecule has 77 heavy (non-hydrogen) atoms. The van der Waals surface area contributed by atoms with Crippen molar-refractivity contribution in [2.24, 2.45) is 0 Å². The lowest BCUT2D eigenvalue weighted by Crippen LogP contribution is -2.06. The average Bonchev–Trinajstić information content (AvgIpc) is 3.38. The Bertz CT molecular complexity index is 1810. The molecule has 0 radical (unpaired) electrons. The molecule has 0 aromatic heterocycles. The number of phosphoric ester groups is 2. The van der Waals surface area contributed by atoms with Gasteiger partial charge in [0.15, 0.2) is 0 Å². The minimum Gasteiger partial charge on any atom is -0.282 e. The lowest BCUT2D eigenvalue weighted by Gasteiger charge is -2.22. The average molecular weight is 1110 g/mol. The molecule has 0 saturated carbocycles. The molecule has 0 aliphatic rings. The van der Waals surface area contributed by atoms with E-state index in [0.717, 1.165) is 154 Å². The Hall–Kier alpha value is -2.86. The third-order valence-corrected chi connectivity index (χ3v) is 17.4. The molecule has 0 aliphatic heterocycles. The maximum Gasteiger partial charge on any atom is 0.484 e. The van der Waals surface area contributed by atoms with Crippen LogP contribution in [0.25, 0.3) is 0 Å². The summed E-state index contributed by atoms with van der Waals surface area (Å²) in [5, 5.41) is 0.